The molecule has 0 saturated heterocycles. The van der Waals surface area contributed by atoms with Gasteiger partial charge in [-0.3, -0.25) is 4.40 Å². The van der Waals surface area contributed by atoms with Crippen LogP contribution in [0.25, 0.3) is 17.2 Å². The molecule has 7 nitrogen and oxygen atoms in total. The second-order valence-electron chi connectivity index (χ2n) is 3.57. The highest BCUT2D eigenvalue weighted by Gasteiger charge is 2.12. The number of anilines is 1. The second kappa shape index (κ2) is 3.48. The third-order valence-corrected chi connectivity index (χ3v) is 2.38. The Morgan fingerprint density at radius 1 is 1.12 bits per heavy atom. The maximum atomic E-state index is 5.76. The van der Waals surface area contributed by atoms with Crippen molar-refractivity contribution in [1.29, 1.82) is 0 Å². The van der Waals surface area contributed by atoms with Gasteiger partial charge in [-0.15, -0.1) is 10.2 Å². The molecule has 3 rings (SSSR count). The number of rotatable bonds is 1. The Labute approximate surface area is 96.4 Å². The lowest BCUT2D eigenvalue weighted by molar-refractivity contribution is 1.03. The fourth-order valence-corrected chi connectivity index (χ4v) is 1.57. The van der Waals surface area contributed by atoms with E-state index in [1.165, 1.54) is 6.20 Å². The zero-order chi connectivity index (χ0) is 11.8. The molecule has 0 bridgehead atoms. The third kappa shape index (κ3) is 1.48. The first-order chi connectivity index (χ1) is 8.25. The lowest BCUT2D eigenvalue weighted by Gasteiger charge is -2.01. The lowest BCUT2D eigenvalue weighted by Crippen LogP contribution is -2.00. The van der Waals surface area contributed by atoms with E-state index in [2.05, 4.69) is 25.1 Å². The first-order valence-electron chi connectivity index (χ1n) is 5.00. The normalized spacial score (nSPS) is 10.9. The van der Waals surface area contributed by atoms with E-state index in [0.29, 0.717) is 23.0 Å². The van der Waals surface area contributed by atoms with Crippen LogP contribution >= 0.6 is 0 Å². The van der Waals surface area contributed by atoms with Crippen molar-refractivity contribution in [1.82, 2.24) is 29.5 Å². The fourth-order valence-electron chi connectivity index (χ4n) is 1.57. The van der Waals surface area contributed by atoms with Crippen molar-refractivity contribution < 1.29 is 0 Å². The van der Waals surface area contributed by atoms with Gasteiger partial charge in [0.25, 0.3) is 0 Å². The molecule has 7 heteroatoms. The Morgan fingerprint density at radius 3 is 2.76 bits per heavy atom. The van der Waals surface area contributed by atoms with Crippen molar-refractivity contribution in [2.45, 2.75) is 6.92 Å². The molecule has 0 spiro atoms. The maximum Gasteiger partial charge on any atom is 0.192 e. The summed E-state index contributed by atoms with van der Waals surface area (Å²) in [4.78, 5) is 12.3. The first-order valence-corrected chi connectivity index (χ1v) is 5.00. The van der Waals surface area contributed by atoms with Crippen molar-refractivity contribution in [3.8, 4) is 11.5 Å². The number of nitrogen functional groups attached to an aromatic ring is 1. The molecule has 2 N–H and O–H groups in total. The van der Waals surface area contributed by atoms with Gasteiger partial charge in [0, 0.05) is 24.2 Å². The van der Waals surface area contributed by atoms with E-state index in [1.54, 1.807) is 16.9 Å². The Bertz CT molecular complexity index is 688. The van der Waals surface area contributed by atoms with Crippen LogP contribution in [0.5, 0.6) is 0 Å². The van der Waals surface area contributed by atoms with E-state index in [0.717, 1.165) is 5.69 Å². The molecule has 0 aliphatic carbocycles. The molecule has 0 aliphatic rings. The molecule has 3 aromatic rings. The zero-order valence-electron chi connectivity index (χ0n) is 9.07. The Kier molecular flexibility index (Phi) is 1.97. The zero-order valence-corrected chi connectivity index (χ0v) is 9.07. The lowest BCUT2D eigenvalue weighted by atomic mass is 10.4. The average molecular weight is 227 g/mol. The Balaban J connectivity index is 2.29. The minimum atomic E-state index is 0.322. The van der Waals surface area contributed by atoms with Crippen molar-refractivity contribution in [2.75, 3.05) is 5.73 Å². The molecule has 0 aliphatic heterocycles. The van der Waals surface area contributed by atoms with E-state index >= 15 is 0 Å². The van der Waals surface area contributed by atoms with E-state index in [4.69, 9.17) is 5.73 Å². The summed E-state index contributed by atoms with van der Waals surface area (Å²) >= 11 is 0. The maximum absolute atomic E-state index is 5.76. The monoisotopic (exact) mass is 227 g/mol. The topological polar surface area (TPSA) is 94.9 Å². The van der Waals surface area contributed by atoms with Crippen LogP contribution in [0.2, 0.25) is 0 Å². The number of aromatic nitrogens is 6. The quantitative estimate of drug-likeness (QED) is 0.649. The van der Waals surface area contributed by atoms with Crippen LogP contribution in [0.1, 0.15) is 5.69 Å². The van der Waals surface area contributed by atoms with Gasteiger partial charge >= 0.3 is 0 Å². The van der Waals surface area contributed by atoms with Crippen LogP contribution < -0.4 is 5.73 Å². The first kappa shape index (κ1) is 9.64. The van der Waals surface area contributed by atoms with Gasteiger partial charge in [0.2, 0.25) is 0 Å². The molecule has 0 saturated carbocycles. The second-order valence-corrected chi connectivity index (χ2v) is 3.57. The van der Waals surface area contributed by atoms with Crippen LogP contribution in [0.15, 0.2) is 24.8 Å². The van der Waals surface area contributed by atoms with Crippen molar-refractivity contribution in [3.05, 3.63) is 30.5 Å². The van der Waals surface area contributed by atoms with E-state index < -0.39 is 0 Å². The molecule has 0 aromatic carbocycles. The Hall–Kier alpha value is -2.57. The number of aryl methyl sites for hydroxylation is 1. The summed E-state index contributed by atoms with van der Waals surface area (Å²) < 4.78 is 1.73. The molecule has 17 heavy (non-hydrogen) atoms. The highest BCUT2D eigenvalue weighted by Crippen LogP contribution is 2.19. The van der Waals surface area contributed by atoms with Gasteiger partial charge in [-0.2, -0.15) is 0 Å². The molecule has 0 radical (unpaired) electrons. The van der Waals surface area contributed by atoms with Crippen molar-refractivity contribution in [3.63, 3.8) is 0 Å². The van der Waals surface area contributed by atoms with Gasteiger partial charge in [0.05, 0.1) is 0 Å². The summed E-state index contributed by atoms with van der Waals surface area (Å²) in [6, 6.07) is 1.84. The van der Waals surface area contributed by atoms with Gasteiger partial charge in [-0.1, -0.05) is 0 Å². The minimum absolute atomic E-state index is 0.322. The Morgan fingerprint density at radius 2 is 1.94 bits per heavy atom. The van der Waals surface area contributed by atoms with E-state index in [-0.39, 0.29) is 0 Å². The van der Waals surface area contributed by atoms with Gasteiger partial charge in [-0.25, -0.2) is 15.0 Å². The summed E-state index contributed by atoms with van der Waals surface area (Å²) in [5.41, 5.74) is 7.85. The van der Waals surface area contributed by atoms with Crippen LogP contribution in [-0.2, 0) is 0 Å². The van der Waals surface area contributed by atoms with Gasteiger partial charge in [-0.05, 0) is 6.92 Å². The third-order valence-electron chi connectivity index (χ3n) is 2.38. The summed E-state index contributed by atoms with van der Waals surface area (Å²) in [6.07, 6.45) is 4.74. The predicted molar refractivity (Wildman–Crippen MR) is 61.0 cm³/mol. The summed E-state index contributed by atoms with van der Waals surface area (Å²) in [6.45, 7) is 1.89. The van der Waals surface area contributed by atoms with Gasteiger partial charge in [0.15, 0.2) is 23.0 Å². The smallest absolute Gasteiger partial charge is 0.192 e. The summed E-state index contributed by atoms with van der Waals surface area (Å²) in [5.74, 6) is 0.862. The number of hydrogen-bond acceptors (Lipinski definition) is 6. The number of nitrogens with zero attached hydrogens (tertiary/aromatic N) is 6. The standard InChI is InChI=1S/C10H9N7/c1-6-4-7-15-16-10(17(7)5-14-6)8-9(11)13-3-2-12-8/h2-5H,1H3,(H2,11,13). The van der Waals surface area contributed by atoms with E-state index in [9.17, 15) is 0 Å². The molecule has 3 heterocycles. The molecular weight excluding hydrogens is 218 g/mol. The predicted octanol–water partition coefficient (Wildman–Crippen LogP) is 0.472. The number of fused-ring (bicyclic) bond motifs is 1. The molecular formula is C10H9N7. The van der Waals surface area contributed by atoms with Gasteiger partial charge in [0.1, 0.15) is 6.33 Å². The summed E-state index contributed by atoms with van der Waals surface area (Å²) in [5, 5.41) is 8.10. The van der Waals surface area contributed by atoms with Gasteiger partial charge < -0.3 is 5.73 Å². The van der Waals surface area contributed by atoms with E-state index in [1.807, 2.05) is 13.0 Å². The van der Waals surface area contributed by atoms with Crippen LogP contribution in [-0.4, -0.2) is 29.5 Å². The molecule has 84 valence electrons. The average Bonchev–Trinajstić information content (AvgIpc) is 2.72. The van der Waals surface area contributed by atoms with Crippen molar-refractivity contribution in [2.24, 2.45) is 0 Å². The number of nitrogens with two attached hydrogens (primary N) is 1. The molecule has 0 atom stereocenters. The SMILES string of the molecule is Cc1cc2nnc(-c3nccnc3N)n2cn1. The largest absolute Gasteiger partial charge is 0.382 e. The fraction of sp³-hybridized carbons (Fsp3) is 0.100. The highest BCUT2D eigenvalue weighted by molar-refractivity contribution is 5.65. The molecule has 0 unspecified atom stereocenters. The minimum Gasteiger partial charge on any atom is -0.382 e. The molecule has 0 fully saturated rings. The van der Waals surface area contributed by atoms with Crippen LogP contribution in [0, 0.1) is 6.92 Å². The molecule has 3 aromatic heterocycles. The van der Waals surface area contributed by atoms with Crippen LogP contribution in [0.4, 0.5) is 5.82 Å². The summed E-state index contributed by atoms with van der Waals surface area (Å²) in [7, 11) is 0. The highest BCUT2D eigenvalue weighted by atomic mass is 15.3. The number of hydrogen-bond donors (Lipinski definition) is 1. The van der Waals surface area contributed by atoms with Crippen LogP contribution in [0.3, 0.4) is 0 Å². The van der Waals surface area contributed by atoms with Crippen molar-refractivity contribution >= 4 is 11.5 Å². The molecule has 0 amide bonds.